The number of nitrogens with two attached hydrogens (primary N) is 1. The van der Waals surface area contributed by atoms with Crippen LogP contribution in [-0.4, -0.2) is 32.1 Å². The number of benzene rings is 1. The van der Waals surface area contributed by atoms with Crippen molar-refractivity contribution in [3.63, 3.8) is 0 Å². The quantitative estimate of drug-likeness (QED) is 0.376. The molecule has 1 aliphatic rings. The monoisotopic (exact) mass is 332 g/mol. The number of nitrogens with zero attached hydrogens (tertiary/aromatic N) is 1. The topological polar surface area (TPSA) is 49.5 Å². The number of hydrogen-bond acceptors (Lipinski definition) is 3. The van der Waals surface area contributed by atoms with Gasteiger partial charge in [-0.05, 0) is 31.4 Å². The van der Waals surface area contributed by atoms with Gasteiger partial charge in [0.15, 0.2) is 0 Å². The summed E-state index contributed by atoms with van der Waals surface area (Å²) >= 11 is 17.7. The van der Waals surface area contributed by atoms with Gasteiger partial charge in [-0.1, -0.05) is 42.0 Å². The van der Waals surface area contributed by atoms with Crippen molar-refractivity contribution in [2.75, 3.05) is 6.54 Å². The van der Waals surface area contributed by atoms with E-state index >= 15 is 0 Å². The molecule has 1 aliphatic carbocycles. The van der Waals surface area contributed by atoms with E-state index in [0.29, 0.717) is 16.4 Å². The van der Waals surface area contributed by atoms with Crippen molar-refractivity contribution < 1.29 is 5.11 Å². The summed E-state index contributed by atoms with van der Waals surface area (Å²) in [6.45, 7) is 1.91. The maximum absolute atomic E-state index is 11.0. The number of hydrazine groups is 1. The zero-order valence-corrected chi connectivity index (χ0v) is 13.6. The highest BCUT2D eigenvalue weighted by atomic mass is 35.5. The van der Waals surface area contributed by atoms with E-state index in [4.69, 9.17) is 41.3 Å². The maximum Gasteiger partial charge on any atom is 0.107 e. The first-order valence-corrected chi connectivity index (χ1v) is 7.61. The van der Waals surface area contributed by atoms with E-state index in [9.17, 15) is 5.11 Å². The Morgan fingerprint density at radius 1 is 1.50 bits per heavy atom. The molecule has 0 bridgehead atoms. The Morgan fingerprint density at radius 3 is 2.60 bits per heavy atom. The second-order valence-electron chi connectivity index (χ2n) is 5.41. The predicted octanol–water partition coefficient (Wildman–Crippen LogP) is 2.91. The molecule has 1 aromatic carbocycles. The van der Waals surface area contributed by atoms with E-state index < -0.39 is 10.5 Å². The van der Waals surface area contributed by atoms with Gasteiger partial charge in [-0.2, -0.15) is 0 Å². The molecule has 2 rings (SSSR count). The molecule has 0 aliphatic heterocycles. The lowest BCUT2D eigenvalue weighted by Gasteiger charge is -2.37. The normalized spacial score (nSPS) is 19.2. The van der Waals surface area contributed by atoms with Gasteiger partial charge in [-0.25, -0.2) is 5.84 Å². The van der Waals surface area contributed by atoms with Crippen molar-refractivity contribution in [1.82, 2.24) is 5.01 Å². The SMILES string of the molecule is CC(=S)N(N)CC(O)(Cc1ccccc1Cl)C1(Cl)CC1. The number of hydrogen-bond donors (Lipinski definition) is 2. The Labute approximate surface area is 134 Å². The molecule has 20 heavy (non-hydrogen) atoms. The van der Waals surface area contributed by atoms with Gasteiger partial charge in [0.25, 0.3) is 0 Å². The molecule has 1 atom stereocenters. The van der Waals surface area contributed by atoms with Crippen molar-refractivity contribution >= 4 is 40.4 Å². The zero-order valence-electron chi connectivity index (χ0n) is 11.3. The molecule has 1 unspecified atom stereocenters. The van der Waals surface area contributed by atoms with Crippen LogP contribution in [0.3, 0.4) is 0 Å². The van der Waals surface area contributed by atoms with Gasteiger partial charge in [-0.15, -0.1) is 11.6 Å². The minimum atomic E-state index is -1.16. The molecule has 110 valence electrons. The van der Waals surface area contributed by atoms with E-state index in [1.807, 2.05) is 18.2 Å². The Morgan fingerprint density at radius 2 is 2.10 bits per heavy atom. The van der Waals surface area contributed by atoms with E-state index in [2.05, 4.69) is 0 Å². The molecule has 1 aromatic rings. The first-order chi connectivity index (χ1) is 9.27. The van der Waals surface area contributed by atoms with E-state index in [-0.39, 0.29) is 6.54 Å². The van der Waals surface area contributed by atoms with Gasteiger partial charge >= 0.3 is 0 Å². The Balaban J connectivity index is 2.24. The molecule has 6 heteroatoms. The first kappa shape index (κ1) is 16.0. The highest BCUT2D eigenvalue weighted by molar-refractivity contribution is 7.80. The van der Waals surface area contributed by atoms with Crippen molar-refractivity contribution in [1.29, 1.82) is 0 Å². The Bertz CT molecular complexity index is 522. The standard InChI is InChI=1S/C14H18Cl2N2OS/c1-10(20)18(17)9-14(19,13(16)6-7-13)8-11-4-2-3-5-12(11)15/h2-5,19H,6-9,17H2,1H3. The molecule has 0 saturated heterocycles. The van der Waals surface area contributed by atoms with Crippen molar-refractivity contribution in [3.05, 3.63) is 34.9 Å². The van der Waals surface area contributed by atoms with Gasteiger partial charge in [0.1, 0.15) is 5.60 Å². The van der Waals surface area contributed by atoms with E-state index in [1.165, 1.54) is 5.01 Å². The van der Waals surface area contributed by atoms with Gasteiger partial charge in [-0.3, -0.25) is 0 Å². The average molecular weight is 333 g/mol. The van der Waals surface area contributed by atoms with Gasteiger partial charge in [0.2, 0.25) is 0 Å². The second-order valence-corrected chi connectivity index (χ2v) is 7.13. The summed E-state index contributed by atoms with van der Waals surface area (Å²) in [6, 6.07) is 7.44. The fourth-order valence-corrected chi connectivity index (χ4v) is 2.77. The number of alkyl halides is 1. The Kier molecular flexibility index (Phi) is 4.62. The maximum atomic E-state index is 11.0. The molecule has 0 spiro atoms. The third kappa shape index (κ3) is 3.26. The molecule has 3 N–H and O–H groups in total. The van der Waals surface area contributed by atoms with Crippen LogP contribution in [0.5, 0.6) is 0 Å². The minimum Gasteiger partial charge on any atom is -0.386 e. The van der Waals surface area contributed by atoms with Crippen LogP contribution in [0.15, 0.2) is 24.3 Å². The van der Waals surface area contributed by atoms with Crippen LogP contribution in [0.2, 0.25) is 5.02 Å². The predicted molar refractivity (Wildman–Crippen MR) is 87.1 cm³/mol. The molecule has 0 amide bonds. The van der Waals surface area contributed by atoms with Crippen molar-refractivity contribution in [2.45, 2.75) is 36.7 Å². The van der Waals surface area contributed by atoms with Crippen LogP contribution in [0.25, 0.3) is 0 Å². The lowest BCUT2D eigenvalue weighted by atomic mass is 9.88. The largest absolute Gasteiger partial charge is 0.386 e. The number of aliphatic hydroxyl groups is 1. The van der Waals surface area contributed by atoms with Crippen LogP contribution in [0.4, 0.5) is 0 Å². The van der Waals surface area contributed by atoms with Crippen molar-refractivity contribution in [3.8, 4) is 0 Å². The lowest BCUT2D eigenvalue weighted by Crippen LogP contribution is -2.55. The highest BCUT2D eigenvalue weighted by Gasteiger charge is 2.58. The number of rotatable bonds is 5. The van der Waals surface area contributed by atoms with E-state index in [0.717, 1.165) is 18.4 Å². The zero-order chi connectivity index (χ0) is 15.0. The summed E-state index contributed by atoms with van der Waals surface area (Å²) in [7, 11) is 0. The van der Waals surface area contributed by atoms with Gasteiger partial charge in [0, 0.05) is 11.4 Å². The third-order valence-electron chi connectivity index (χ3n) is 3.80. The highest BCUT2D eigenvalue weighted by Crippen LogP contribution is 2.52. The molecule has 1 saturated carbocycles. The molecule has 0 heterocycles. The Hall–Kier alpha value is -0.390. The molecule has 1 fully saturated rings. The summed E-state index contributed by atoms with van der Waals surface area (Å²) in [5, 5.41) is 13.0. The van der Waals surface area contributed by atoms with Crippen LogP contribution < -0.4 is 5.84 Å². The molecular formula is C14H18Cl2N2OS. The van der Waals surface area contributed by atoms with Crippen LogP contribution >= 0.6 is 35.4 Å². The number of halogens is 2. The molecule has 3 nitrogen and oxygen atoms in total. The van der Waals surface area contributed by atoms with Gasteiger partial charge < -0.3 is 10.1 Å². The molecule has 0 radical (unpaired) electrons. The van der Waals surface area contributed by atoms with Crippen LogP contribution in [0, 0.1) is 0 Å². The van der Waals surface area contributed by atoms with E-state index in [1.54, 1.807) is 13.0 Å². The van der Waals surface area contributed by atoms with Crippen molar-refractivity contribution in [2.24, 2.45) is 5.84 Å². The summed E-state index contributed by atoms with van der Waals surface area (Å²) in [5.41, 5.74) is -0.298. The smallest absolute Gasteiger partial charge is 0.107 e. The fourth-order valence-electron chi connectivity index (χ4n) is 2.28. The average Bonchev–Trinajstić information content (AvgIpc) is 3.12. The third-order valence-corrected chi connectivity index (χ3v) is 5.13. The summed E-state index contributed by atoms with van der Waals surface area (Å²) in [4.78, 5) is -0.127. The molecule has 0 aromatic heterocycles. The lowest BCUT2D eigenvalue weighted by molar-refractivity contribution is 0.00871. The minimum absolute atomic E-state index is 0.192. The first-order valence-electron chi connectivity index (χ1n) is 6.45. The summed E-state index contributed by atoms with van der Waals surface area (Å²) in [6.07, 6.45) is 1.88. The number of thiocarbonyl (C=S) groups is 1. The summed E-state index contributed by atoms with van der Waals surface area (Å²) in [5.74, 6) is 5.86. The molecular weight excluding hydrogens is 315 g/mol. The summed E-state index contributed by atoms with van der Waals surface area (Å²) < 4.78 is 0. The van der Waals surface area contributed by atoms with Crippen LogP contribution in [-0.2, 0) is 6.42 Å². The fraction of sp³-hybridized carbons (Fsp3) is 0.500. The second kappa shape index (κ2) is 5.78. The van der Waals surface area contributed by atoms with Crippen LogP contribution in [0.1, 0.15) is 25.3 Å². The van der Waals surface area contributed by atoms with Gasteiger partial charge in [0.05, 0.1) is 16.4 Å².